The van der Waals surface area contributed by atoms with Crippen LogP contribution in [-0.2, 0) is 22.7 Å². The van der Waals surface area contributed by atoms with Crippen LogP contribution in [0.15, 0.2) is 46.9 Å². The van der Waals surface area contributed by atoms with Gasteiger partial charge in [0.15, 0.2) is 6.54 Å². The second kappa shape index (κ2) is 7.52. The van der Waals surface area contributed by atoms with E-state index in [0.29, 0.717) is 15.9 Å². The summed E-state index contributed by atoms with van der Waals surface area (Å²) in [5.74, 6) is -0.435. The fourth-order valence-corrected chi connectivity index (χ4v) is 2.55. The van der Waals surface area contributed by atoms with Gasteiger partial charge in [0.05, 0.1) is 0 Å². The van der Waals surface area contributed by atoms with E-state index in [-0.39, 0.29) is 19.0 Å². The Morgan fingerprint density at radius 1 is 1.24 bits per heavy atom. The van der Waals surface area contributed by atoms with Gasteiger partial charge in [-0.3, -0.25) is 0 Å². The predicted octanol–water partition coefficient (Wildman–Crippen LogP) is 3.29. The summed E-state index contributed by atoms with van der Waals surface area (Å²) in [7, 11) is 0. The van der Waals surface area contributed by atoms with Gasteiger partial charge in [0.25, 0.3) is 0 Å². The molecular weight excluding hydrogens is 391 g/mol. The van der Waals surface area contributed by atoms with Gasteiger partial charge in [-0.25, -0.2) is 9.18 Å². The molecule has 0 saturated carbocycles. The van der Waals surface area contributed by atoms with Gasteiger partial charge in [0.1, 0.15) is 12.4 Å². The Morgan fingerprint density at radius 3 is 2.72 bits per heavy atom. The lowest BCUT2D eigenvalue weighted by atomic mass is 10.1. The van der Waals surface area contributed by atoms with E-state index in [1.54, 1.807) is 6.07 Å². The van der Waals surface area contributed by atoms with Gasteiger partial charge in [-0.15, -0.1) is 10.2 Å². The first-order chi connectivity index (χ1) is 12.0. The lowest BCUT2D eigenvalue weighted by molar-refractivity contribution is -0.146. The number of carbonyl (C=O) groups excluding carboxylic acids is 1. The Bertz CT molecular complexity index is 896. The molecule has 6 nitrogen and oxygen atoms in total. The van der Waals surface area contributed by atoms with Gasteiger partial charge in [-0.05, 0) is 24.3 Å². The van der Waals surface area contributed by atoms with Crippen molar-refractivity contribution in [1.29, 1.82) is 0 Å². The fraction of sp³-hybridized carbons (Fsp3) is 0.176. The summed E-state index contributed by atoms with van der Waals surface area (Å²) in [4.78, 5) is 13.1. The summed E-state index contributed by atoms with van der Waals surface area (Å²) < 4.78 is 18.7. The molecule has 0 N–H and O–H groups in total. The second-order valence-electron chi connectivity index (χ2n) is 5.41. The van der Waals surface area contributed by atoms with Crippen molar-refractivity contribution >= 4 is 21.9 Å². The Morgan fingerprint density at radius 2 is 2.00 bits per heavy atom. The number of ether oxygens (including phenoxy) is 1. The van der Waals surface area contributed by atoms with Crippen molar-refractivity contribution in [2.75, 3.05) is 0 Å². The maximum Gasteiger partial charge on any atom is 0.330 e. The third-order valence-electron chi connectivity index (χ3n) is 3.44. The molecule has 2 aromatic carbocycles. The Balaban J connectivity index is 1.59. The zero-order chi connectivity index (χ0) is 17.8. The Hall–Kier alpha value is -2.61. The van der Waals surface area contributed by atoms with E-state index < -0.39 is 5.97 Å². The number of halogens is 2. The molecule has 0 atom stereocenters. The van der Waals surface area contributed by atoms with Crippen LogP contribution in [0, 0.1) is 12.7 Å². The number of rotatable bonds is 5. The molecule has 1 aromatic heterocycles. The molecule has 3 rings (SSSR count). The summed E-state index contributed by atoms with van der Waals surface area (Å²) in [5, 5.41) is 12.0. The molecule has 128 valence electrons. The summed E-state index contributed by atoms with van der Waals surface area (Å²) in [6.45, 7) is 1.86. The third kappa shape index (κ3) is 4.48. The first kappa shape index (κ1) is 17.2. The highest BCUT2D eigenvalue weighted by Crippen LogP contribution is 2.19. The van der Waals surface area contributed by atoms with Crippen molar-refractivity contribution < 1.29 is 13.9 Å². The minimum absolute atomic E-state index is 0.0270. The lowest BCUT2D eigenvalue weighted by Crippen LogP contribution is -2.16. The number of aromatic nitrogens is 4. The van der Waals surface area contributed by atoms with E-state index in [0.717, 1.165) is 11.1 Å². The largest absolute Gasteiger partial charge is 0.459 e. The van der Waals surface area contributed by atoms with Crippen LogP contribution in [-0.4, -0.2) is 26.2 Å². The summed E-state index contributed by atoms with van der Waals surface area (Å²) in [6.07, 6.45) is 0. The summed E-state index contributed by atoms with van der Waals surface area (Å²) in [6, 6.07) is 11.9. The quantitative estimate of drug-likeness (QED) is 0.610. The molecular formula is C17H14BrFN4O2. The Kier molecular flexibility index (Phi) is 5.18. The molecule has 0 bridgehead atoms. The van der Waals surface area contributed by atoms with E-state index in [2.05, 4.69) is 31.3 Å². The number of aryl methyl sites for hydroxylation is 1. The van der Waals surface area contributed by atoms with Gasteiger partial charge in [0, 0.05) is 15.6 Å². The van der Waals surface area contributed by atoms with Gasteiger partial charge in [-0.1, -0.05) is 51.8 Å². The minimum atomic E-state index is -0.510. The van der Waals surface area contributed by atoms with E-state index in [1.807, 2.05) is 31.2 Å². The molecule has 0 saturated heterocycles. The zero-order valence-corrected chi connectivity index (χ0v) is 14.9. The highest BCUT2D eigenvalue weighted by molar-refractivity contribution is 9.10. The number of carbonyl (C=O) groups is 1. The van der Waals surface area contributed by atoms with Crippen LogP contribution in [0.2, 0.25) is 0 Å². The van der Waals surface area contributed by atoms with E-state index >= 15 is 0 Å². The van der Waals surface area contributed by atoms with Crippen molar-refractivity contribution in [3.05, 3.63) is 63.9 Å². The Labute approximate surface area is 151 Å². The molecule has 1 heterocycles. The van der Waals surface area contributed by atoms with Crippen molar-refractivity contribution in [2.45, 2.75) is 20.1 Å². The molecule has 0 amide bonds. The number of esters is 1. The zero-order valence-electron chi connectivity index (χ0n) is 13.3. The topological polar surface area (TPSA) is 69.9 Å². The molecule has 3 aromatic rings. The molecule has 0 unspecified atom stereocenters. The average Bonchev–Trinajstić information content (AvgIpc) is 3.03. The molecule has 0 radical (unpaired) electrons. The van der Waals surface area contributed by atoms with Crippen molar-refractivity contribution in [1.82, 2.24) is 20.2 Å². The van der Waals surface area contributed by atoms with Crippen LogP contribution in [0.3, 0.4) is 0 Å². The van der Waals surface area contributed by atoms with Gasteiger partial charge >= 0.3 is 5.97 Å². The standard InChI is InChI=1S/C17H14BrFN4O2/c1-11-2-4-12(5-3-11)17-20-22-23(21-17)9-16(24)25-10-13-6-7-14(19)8-15(13)18/h2-8H,9-10H2,1H3. The maximum absolute atomic E-state index is 13.0. The van der Waals surface area contributed by atoms with Gasteiger partial charge in [-0.2, -0.15) is 4.80 Å². The van der Waals surface area contributed by atoms with Gasteiger partial charge < -0.3 is 4.74 Å². The predicted molar refractivity (Wildman–Crippen MR) is 91.9 cm³/mol. The van der Waals surface area contributed by atoms with E-state index in [1.165, 1.54) is 16.9 Å². The summed E-state index contributed by atoms with van der Waals surface area (Å²) in [5.41, 5.74) is 2.62. The third-order valence-corrected chi connectivity index (χ3v) is 4.18. The fourth-order valence-electron chi connectivity index (χ4n) is 2.09. The van der Waals surface area contributed by atoms with Crippen LogP contribution < -0.4 is 0 Å². The normalized spacial score (nSPS) is 10.7. The molecule has 0 aliphatic carbocycles. The molecule has 0 spiro atoms. The average molecular weight is 405 g/mol. The van der Waals surface area contributed by atoms with Crippen LogP contribution in [0.5, 0.6) is 0 Å². The molecule has 0 aliphatic rings. The molecule has 0 aliphatic heterocycles. The minimum Gasteiger partial charge on any atom is -0.459 e. The smallest absolute Gasteiger partial charge is 0.330 e. The first-order valence-corrected chi connectivity index (χ1v) is 8.25. The molecule has 25 heavy (non-hydrogen) atoms. The number of hydrogen-bond donors (Lipinski definition) is 0. The number of nitrogens with zero attached hydrogens (tertiary/aromatic N) is 4. The number of hydrogen-bond acceptors (Lipinski definition) is 5. The van der Waals surface area contributed by atoms with Crippen molar-refractivity contribution in [3.63, 3.8) is 0 Å². The summed E-state index contributed by atoms with van der Waals surface area (Å²) >= 11 is 3.23. The highest BCUT2D eigenvalue weighted by atomic mass is 79.9. The van der Waals surface area contributed by atoms with Crippen molar-refractivity contribution in [2.24, 2.45) is 0 Å². The second-order valence-corrected chi connectivity index (χ2v) is 6.26. The molecule has 0 fully saturated rings. The van der Waals surface area contributed by atoms with Crippen LogP contribution in [0.4, 0.5) is 4.39 Å². The lowest BCUT2D eigenvalue weighted by Gasteiger charge is -2.06. The van der Waals surface area contributed by atoms with Crippen LogP contribution in [0.25, 0.3) is 11.4 Å². The number of benzene rings is 2. The monoisotopic (exact) mass is 404 g/mol. The van der Waals surface area contributed by atoms with Crippen LogP contribution >= 0.6 is 15.9 Å². The van der Waals surface area contributed by atoms with Gasteiger partial charge in [0.2, 0.25) is 5.82 Å². The maximum atomic E-state index is 13.0. The number of tetrazole rings is 1. The molecule has 8 heteroatoms. The van der Waals surface area contributed by atoms with E-state index in [4.69, 9.17) is 4.74 Å². The SMILES string of the molecule is Cc1ccc(-c2nnn(CC(=O)OCc3ccc(F)cc3Br)n2)cc1. The first-order valence-electron chi connectivity index (χ1n) is 7.45. The highest BCUT2D eigenvalue weighted by Gasteiger charge is 2.11. The van der Waals surface area contributed by atoms with Crippen molar-refractivity contribution in [3.8, 4) is 11.4 Å². The van der Waals surface area contributed by atoms with E-state index in [9.17, 15) is 9.18 Å². The van der Waals surface area contributed by atoms with Crippen LogP contribution in [0.1, 0.15) is 11.1 Å².